The third-order valence-corrected chi connectivity index (χ3v) is 3.16. The molecule has 0 amide bonds. The van der Waals surface area contributed by atoms with Gasteiger partial charge in [-0.3, -0.25) is 4.40 Å². The summed E-state index contributed by atoms with van der Waals surface area (Å²) in [6.07, 6.45) is -7.91. The summed E-state index contributed by atoms with van der Waals surface area (Å²) in [6.45, 7) is -1.53. The molecule has 0 bridgehead atoms. The molecule has 0 saturated heterocycles. The zero-order valence-corrected chi connectivity index (χ0v) is 12.7. The van der Waals surface area contributed by atoms with Crippen molar-refractivity contribution in [2.45, 2.75) is 12.5 Å². The van der Waals surface area contributed by atoms with E-state index in [0.717, 1.165) is 12.1 Å². The summed E-state index contributed by atoms with van der Waals surface area (Å²) in [5.74, 6) is -0.388. The van der Waals surface area contributed by atoms with E-state index in [-0.39, 0.29) is 17.4 Å². The highest BCUT2D eigenvalue weighted by Crippen LogP contribution is 2.27. The Morgan fingerprint density at radius 1 is 0.846 bits per heavy atom. The third-order valence-electron chi connectivity index (χ3n) is 3.16. The highest BCUT2D eigenvalue weighted by atomic mass is 19.4. The Bertz CT molecular complexity index is 902. The van der Waals surface area contributed by atoms with Crippen molar-refractivity contribution in [3.05, 3.63) is 42.6 Å². The van der Waals surface area contributed by atoms with E-state index in [9.17, 15) is 26.3 Å². The van der Waals surface area contributed by atoms with Gasteiger partial charge in [0.05, 0.1) is 0 Å². The van der Waals surface area contributed by atoms with Crippen molar-refractivity contribution in [2.75, 3.05) is 6.61 Å². The van der Waals surface area contributed by atoms with Crippen molar-refractivity contribution >= 4 is 5.65 Å². The van der Waals surface area contributed by atoms with E-state index in [2.05, 4.69) is 19.7 Å². The van der Waals surface area contributed by atoms with Crippen LogP contribution in [-0.4, -0.2) is 33.7 Å². The summed E-state index contributed by atoms with van der Waals surface area (Å²) < 4.78 is 82.9. The molecule has 138 valence electrons. The lowest BCUT2D eigenvalue weighted by molar-refractivity contribution is -0.274. The van der Waals surface area contributed by atoms with Gasteiger partial charge in [-0.2, -0.15) is 13.2 Å². The summed E-state index contributed by atoms with van der Waals surface area (Å²) in [4.78, 5) is 0. The Labute approximate surface area is 141 Å². The standard InChI is InChI=1S/C15H9F6N3O2/c16-14(17,18)8-25-13-23-22-12-6-3-10(7-24(12)13)9-1-4-11(5-2-9)26-15(19,20)21/h1-7H,8H2. The maximum atomic E-state index is 12.3. The molecule has 0 fully saturated rings. The summed E-state index contributed by atoms with van der Waals surface area (Å²) in [5, 5.41) is 7.22. The Kier molecular flexibility index (Phi) is 4.38. The van der Waals surface area contributed by atoms with Crippen molar-refractivity contribution < 1.29 is 35.8 Å². The van der Waals surface area contributed by atoms with E-state index in [1.54, 1.807) is 6.07 Å². The largest absolute Gasteiger partial charge is 0.573 e. The van der Waals surface area contributed by atoms with E-state index >= 15 is 0 Å². The van der Waals surface area contributed by atoms with Crippen LogP contribution in [0.1, 0.15) is 0 Å². The van der Waals surface area contributed by atoms with Crippen LogP contribution in [0.25, 0.3) is 16.8 Å². The van der Waals surface area contributed by atoms with Crippen LogP contribution in [0.4, 0.5) is 26.3 Å². The van der Waals surface area contributed by atoms with Crippen LogP contribution in [0.5, 0.6) is 11.8 Å². The molecule has 0 radical (unpaired) electrons. The SMILES string of the molecule is FC(F)(F)COc1nnc2ccc(-c3ccc(OC(F)(F)F)cc3)cn12. The second-order valence-electron chi connectivity index (χ2n) is 5.10. The van der Waals surface area contributed by atoms with Crippen LogP contribution in [-0.2, 0) is 0 Å². The number of hydrogen-bond acceptors (Lipinski definition) is 4. The second kappa shape index (κ2) is 6.39. The van der Waals surface area contributed by atoms with E-state index < -0.39 is 19.1 Å². The molecule has 2 aromatic heterocycles. The fraction of sp³-hybridized carbons (Fsp3) is 0.200. The number of nitrogens with zero attached hydrogens (tertiary/aromatic N) is 3. The molecule has 26 heavy (non-hydrogen) atoms. The molecule has 0 aliphatic rings. The van der Waals surface area contributed by atoms with Crippen LogP contribution < -0.4 is 9.47 Å². The van der Waals surface area contributed by atoms with Gasteiger partial charge in [0.2, 0.25) is 0 Å². The molecule has 3 aromatic rings. The molecule has 0 aliphatic heterocycles. The molecule has 0 unspecified atom stereocenters. The molecule has 11 heteroatoms. The zero-order valence-electron chi connectivity index (χ0n) is 12.7. The van der Waals surface area contributed by atoms with Crippen LogP contribution in [0, 0.1) is 0 Å². The smallest absolute Gasteiger partial charge is 0.454 e. The monoisotopic (exact) mass is 377 g/mol. The van der Waals surface area contributed by atoms with Gasteiger partial charge in [-0.1, -0.05) is 17.2 Å². The molecular formula is C15H9F6N3O2. The number of hydrogen-bond donors (Lipinski definition) is 0. The Balaban J connectivity index is 1.86. The Morgan fingerprint density at radius 3 is 2.12 bits per heavy atom. The van der Waals surface area contributed by atoms with Gasteiger partial charge in [0, 0.05) is 6.20 Å². The quantitative estimate of drug-likeness (QED) is 0.639. The lowest BCUT2D eigenvalue weighted by atomic mass is 10.1. The average Bonchev–Trinajstić information content (AvgIpc) is 2.94. The lowest BCUT2D eigenvalue weighted by Gasteiger charge is -2.10. The van der Waals surface area contributed by atoms with Gasteiger partial charge in [0.25, 0.3) is 0 Å². The fourth-order valence-electron chi connectivity index (χ4n) is 2.13. The van der Waals surface area contributed by atoms with Gasteiger partial charge in [-0.15, -0.1) is 18.3 Å². The minimum Gasteiger partial charge on any atom is -0.454 e. The number of aromatic nitrogens is 3. The number of rotatable bonds is 4. The molecular weight excluding hydrogens is 368 g/mol. The van der Waals surface area contributed by atoms with Gasteiger partial charge in [0.1, 0.15) is 5.75 Å². The van der Waals surface area contributed by atoms with Crippen molar-refractivity contribution in [2.24, 2.45) is 0 Å². The molecule has 1 aromatic carbocycles. The molecule has 2 heterocycles. The van der Waals surface area contributed by atoms with Crippen LogP contribution in [0.2, 0.25) is 0 Å². The van der Waals surface area contributed by atoms with Crippen LogP contribution in [0.3, 0.4) is 0 Å². The fourth-order valence-corrected chi connectivity index (χ4v) is 2.13. The minimum absolute atomic E-state index is 0.253. The first-order chi connectivity index (χ1) is 12.1. The Morgan fingerprint density at radius 2 is 1.50 bits per heavy atom. The molecule has 0 N–H and O–H groups in total. The summed E-state index contributed by atoms with van der Waals surface area (Å²) >= 11 is 0. The van der Waals surface area contributed by atoms with E-state index in [0.29, 0.717) is 11.1 Å². The molecule has 3 rings (SSSR count). The first-order valence-corrected chi connectivity index (χ1v) is 7.01. The predicted molar refractivity (Wildman–Crippen MR) is 76.7 cm³/mol. The van der Waals surface area contributed by atoms with Crippen molar-refractivity contribution in [1.82, 2.24) is 14.6 Å². The van der Waals surface area contributed by atoms with Crippen molar-refractivity contribution in [3.63, 3.8) is 0 Å². The summed E-state index contributed by atoms with van der Waals surface area (Å²) in [6, 6.07) is 7.74. The minimum atomic E-state index is -4.80. The second-order valence-corrected chi connectivity index (χ2v) is 5.10. The first-order valence-electron chi connectivity index (χ1n) is 7.01. The molecule has 5 nitrogen and oxygen atoms in total. The Hall–Kier alpha value is -2.98. The van der Waals surface area contributed by atoms with Gasteiger partial charge in [-0.05, 0) is 35.4 Å². The average molecular weight is 377 g/mol. The van der Waals surface area contributed by atoms with Crippen LogP contribution >= 0.6 is 0 Å². The van der Waals surface area contributed by atoms with Crippen LogP contribution in [0.15, 0.2) is 42.6 Å². The number of fused-ring (bicyclic) bond motifs is 1. The zero-order chi connectivity index (χ0) is 18.9. The highest BCUT2D eigenvalue weighted by Gasteiger charge is 2.31. The highest BCUT2D eigenvalue weighted by molar-refractivity contribution is 5.65. The number of ether oxygens (including phenoxy) is 2. The van der Waals surface area contributed by atoms with Gasteiger partial charge in [-0.25, -0.2) is 0 Å². The number of alkyl halides is 6. The van der Waals surface area contributed by atoms with Gasteiger partial charge < -0.3 is 9.47 Å². The number of benzene rings is 1. The summed E-state index contributed by atoms with van der Waals surface area (Å²) in [7, 11) is 0. The molecule has 0 aliphatic carbocycles. The first kappa shape index (κ1) is 17.8. The van der Waals surface area contributed by atoms with Gasteiger partial charge >= 0.3 is 18.5 Å². The lowest BCUT2D eigenvalue weighted by Crippen LogP contribution is -2.20. The molecule has 0 spiro atoms. The van der Waals surface area contributed by atoms with Crippen molar-refractivity contribution in [1.29, 1.82) is 0 Å². The maximum Gasteiger partial charge on any atom is 0.573 e. The predicted octanol–water partition coefficient (Wildman–Crippen LogP) is 4.24. The molecule has 0 atom stereocenters. The third kappa shape index (κ3) is 4.35. The number of pyridine rings is 1. The summed E-state index contributed by atoms with van der Waals surface area (Å²) in [5.41, 5.74) is 1.27. The topological polar surface area (TPSA) is 48.7 Å². The van der Waals surface area contributed by atoms with E-state index in [1.807, 2.05) is 0 Å². The van der Waals surface area contributed by atoms with Crippen molar-refractivity contribution in [3.8, 4) is 22.9 Å². The van der Waals surface area contributed by atoms with Gasteiger partial charge in [0.15, 0.2) is 12.3 Å². The normalized spacial score (nSPS) is 12.4. The maximum absolute atomic E-state index is 12.3. The molecule has 0 saturated carbocycles. The van der Waals surface area contributed by atoms with E-state index in [4.69, 9.17) is 0 Å². The number of halogens is 6. The van der Waals surface area contributed by atoms with E-state index in [1.165, 1.54) is 28.8 Å².